The summed E-state index contributed by atoms with van der Waals surface area (Å²) in [7, 11) is 0. The number of phenolic OH excluding ortho intramolecular Hbond substituents is 1. The molecule has 1 aromatic carbocycles. The molecule has 0 fully saturated rings. The van der Waals surface area contributed by atoms with Gasteiger partial charge in [0.15, 0.2) is 0 Å². The summed E-state index contributed by atoms with van der Waals surface area (Å²) in [4.78, 5) is 10.8. The minimum atomic E-state index is -0.759. The van der Waals surface area contributed by atoms with Crippen molar-refractivity contribution in [1.29, 1.82) is 0 Å². The molecule has 1 rings (SSSR count). The SMILES string of the molecule is C[C@H](CC/C=C/C(=O)NO)[C@@H](O)c1cc(I)ccc1O. The van der Waals surface area contributed by atoms with Crippen LogP contribution in [0.5, 0.6) is 5.75 Å². The molecule has 1 aromatic rings. The number of hydroxylamine groups is 1. The van der Waals surface area contributed by atoms with Gasteiger partial charge in [-0.05, 0) is 59.5 Å². The lowest BCUT2D eigenvalue weighted by Gasteiger charge is -2.19. The smallest absolute Gasteiger partial charge is 0.267 e. The average Bonchev–Trinajstić information content (AvgIpc) is 2.44. The molecule has 0 saturated heterocycles. The summed E-state index contributed by atoms with van der Waals surface area (Å²) < 4.78 is 0.946. The van der Waals surface area contributed by atoms with Crippen LogP contribution < -0.4 is 5.48 Å². The first-order chi connectivity index (χ1) is 9.45. The molecule has 0 aliphatic rings. The molecule has 0 aliphatic carbocycles. The van der Waals surface area contributed by atoms with Crippen LogP contribution in [0.4, 0.5) is 0 Å². The Bertz CT molecular complexity index is 490. The van der Waals surface area contributed by atoms with E-state index in [0.717, 1.165) is 3.57 Å². The molecule has 0 bridgehead atoms. The van der Waals surface area contributed by atoms with Crippen molar-refractivity contribution in [1.82, 2.24) is 5.48 Å². The fourth-order valence-corrected chi connectivity index (χ4v) is 2.33. The predicted octanol–water partition coefficient (Wildman–Crippen LogP) is 2.51. The molecular weight excluding hydrogens is 373 g/mol. The van der Waals surface area contributed by atoms with Gasteiger partial charge >= 0.3 is 0 Å². The third kappa shape index (κ3) is 5.10. The Morgan fingerprint density at radius 1 is 1.50 bits per heavy atom. The minimum absolute atomic E-state index is 0.0686. The van der Waals surface area contributed by atoms with Crippen molar-refractivity contribution in [3.05, 3.63) is 39.5 Å². The van der Waals surface area contributed by atoms with Crippen LogP contribution in [0.2, 0.25) is 0 Å². The topological polar surface area (TPSA) is 89.8 Å². The average molecular weight is 391 g/mol. The van der Waals surface area contributed by atoms with Crippen molar-refractivity contribution in [3.8, 4) is 5.75 Å². The number of benzene rings is 1. The Morgan fingerprint density at radius 3 is 2.85 bits per heavy atom. The van der Waals surface area contributed by atoms with Gasteiger partial charge in [-0.25, -0.2) is 5.48 Å². The summed E-state index contributed by atoms with van der Waals surface area (Å²) >= 11 is 2.12. The van der Waals surface area contributed by atoms with E-state index in [9.17, 15) is 15.0 Å². The highest BCUT2D eigenvalue weighted by atomic mass is 127. The zero-order chi connectivity index (χ0) is 15.1. The maximum atomic E-state index is 10.8. The molecular formula is C14H18INO4. The fraction of sp³-hybridized carbons (Fsp3) is 0.357. The van der Waals surface area contributed by atoms with Crippen molar-refractivity contribution < 1.29 is 20.2 Å². The van der Waals surface area contributed by atoms with Gasteiger partial charge < -0.3 is 10.2 Å². The quantitative estimate of drug-likeness (QED) is 0.260. The summed E-state index contributed by atoms with van der Waals surface area (Å²) in [6.07, 6.45) is 3.35. The van der Waals surface area contributed by atoms with Crippen LogP contribution in [0.3, 0.4) is 0 Å². The summed E-state index contributed by atoms with van der Waals surface area (Å²) in [5.74, 6) is -0.561. The van der Waals surface area contributed by atoms with E-state index in [2.05, 4.69) is 22.6 Å². The molecule has 0 aromatic heterocycles. The van der Waals surface area contributed by atoms with Crippen molar-refractivity contribution >= 4 is 28.5 Å². The van der Waals surface area contributed by atoms with E-state index >= 15 is 0 Å². The van der Waals surface area contributed by atoms with Gasteiger partial charge in [0.05, 0.1) is 6.10 Å². The highest BCUT2D eigenvalue weighted by Crippen LogP contribution is 2.32. The molecule has 0 aliphatic heterocycles. The molecule has 6 heteroatoms. The number of amides is 1. The molecule has 0 unspecified atom stereocenters. The van der Waals surface area contributed by atoms with E-state index in [1.807, 2.05) is 6.92 Å². The lowest BCUT2D eigenvalue weighted by atomic mass is 9.93. The third-order valence-corrected chi connectivity index (χ3v) is 3.69. The van der Waals surface area contributed by atoms with Crippen LogP contribution in [-0.4, -0.2) is 21.3 Å². The van der Waals surface area contributed by atoms with Crippen molar-refractivity contribution in [2.45, 2.75) is 25.9 Å². The molecule has 0 spiro atoms. The summed E-state index contributed by atoms with van der Waals surface area (Å²) in [6.45, 7) is 1.88. The molecule has 1 amide bonds. The third-order valence-electron chi connectivity index (χ3n) is 3.02. The Morgan fingerprint density at radius 2 is 2.20 bits per heavy atom. The number of hydrogen-bond acceptors (Lipinski definition) is 4. The number of rotatable bonds is 6. The summed E-state index contributed by atoms with van der Waals surface area (Å²) in [5, 5.41) is 28.3. The second-order valence-electron chi connectivity index (χ2n) is 4.58. The van der Waals surface area contributed by atoms with Crippen LogP contribution in [0, 0.1) is 9.49 Å². The molecule has 5 nitrogen and oxygen atoms in total. The summed E-state index contributed by atoms with van der Waals surface area (Å²) in [6, 6.07) is 5.09. The monoisotopic (exact) mass is 391 g/mol. The van der Waals surface area contributed by atoms with Crippen molar-refractivity contribution in [3.63, 3.8) is 0 Å². The van der Waals surface area contributed by atoms with Gasteiger partial charge in [0, 0.05) is 15.2 Å². The van der Waals surface area contributed by atoms with Gasteiger partial charge in [0.2, 0.25) is 0 Å². The maximum absolute atomic E-state index is 10.8. The number of carbonyl (C=O) groups excluding carboxylic acids is 1. The van der Waals surface area contributed by atoms with E-state index in [1.54, 1.807) is 24.3 Å². The molecule has 20 heavy (non-hydrogen) atoms. The highest BCUT2D eigenvalue weighted by molar-refractivity contribution is 14.1. The lowest BCUT2D eigenvalue weighted by molar-refractivity contribution is -0.124. The van der Waals surface area contributed by atoms with Crippen LogP contribution in [0.25, 0.3) is 0 Å². The van der Waals surface area contributed by atoms with Gasteiger partial charge in [0.25, 0.3) is 5.91 Å². The van der Waals surface area contributed by atoms with E-state index < -0.39 is 12.0 Å². The molecule has 0 heterocycles. The molecule has 2 atom stereocenters. The van der Waals surface area contributed by atoms with Crippen molar-refractivity contribution in [2.75, 3.05) is 0 Å². The zero-order valence-corrected chi connectivity index (χ0v) is 13.2. The number of aromatic hydroxyl groups is 1. The number of halogens is 1. The molecule has 110 valence electrons. The Balaban J connectivity index is 2.58. The van der Waals surface area contributed by atoms with Gasteiger partial charge in [0.1, 0.15) is 5.75 Å². The van der Waals surface area contributed by atoms with Crippen LogP contribution in [0.15, 0.2) is 30.4 Å². The number of aliphatic hydroxyl groups is 1. The number of nitrogens with one attached hydrogen (secondary N) is 1. The summed E-state index contributed by atoms with van der Waals surface area (Å²) in [5.41, 5.74) is 2.02. The highest BCUT2D eigenvalue weighted by Gasteiger charge is 2.19. The van der Waals surface area contributed by atoms with Gasteiger partial charge in [-0.2, -0.15) is 0 Å². The minimum Gasteiger partial charge on any atom is -0.508 e. The van der Waals surface area contributed by atoms with E-state index in [1.165, 1.54) is 11.6 Å². The standard InChI is InChI=1S/C14H18INO4/c1-9(4-2-3-5-13(18)16-20)14(19)11-8-10(15)6-7-12(11)17/h3,5-9,14,17,19-20H,2,4H2,1H3,(H,16,18)/b5-3+/t9-,14-/m1/s1. The number of hydrogen-bond donors (Lipinski definition) is 4. The normalized spacial score (nSPS) is 14.2. The Kier molecular flexibility index (Phi) is 6.97. The van der Waals surface area contributed by atoms with Gasteiger partial charge in [-0.3, -0.25) is 10.0 Å². The number of allylic oxidation sites excluding steroid dienone is 1. The molecule has 0 saturated carbocycles. The molecule has 0 radical (unpaired) electrons. The van der Waals surface area contributed by atoms with E-state index in [-0.39, 0.29) is 11.7 Å². The van der Waals surface area contributed by atoms with E-state index in [4.69, 9.17) is 5.21 Å². The van der Waals surface area contributed by atoms with Gasteiger partial charge in [-0.15, -0.1) is 0 Å². The second kappa shape index (κ2) is 8.23. The van der Waals surface area contributed by atoms with Crippen LogP contribution in [-0.2, 0) is 4.79 Å². The maximum Gasteiger partial charge on any atom is 0.267 e. The first-order valence-electron chi connectivity index (χ1n) is 6.22. The first kappa shape index (κ1) is 16.9. The number of phenols is 1. The molecule has 4 N–H and O–H groups in total. The van der Waals surface area contributed by atoms with Crippen LogP contribution >= 0.6 is 22.6 Å². The predicted molar refractivity (Wildman–Crippen MR) is 83.3 cm³/mol. The second-order valence-corrected chi connectivity index (χ2v) is 5.83. The number of aliphatic hydroxyl groups excluding tert-OH is 1. The Labute approximate surface area is 131 Å². The van der Waals surface area contributed by atoms with Crippen LogP contribution in [0.1, 0.15) is 31.4 Å². The fourth-order valence-electron chi connectivity index (χ4n) is 1.81. The van der Waals surface area contributed by atoms with Crippen molar-refractivity contribution in [2.24, 2.45) is 5.92 Å². The Hall–Kier alpha value is -1.12. The number of carbonyl (C=O) groups is 1. The van der Waals surface area contributed by atoms with Gasteiger partial charge in [-0.1, -0.05) is 13.0 Å². The lowest BCUT2D eigenvalue weighted by Crippen LogP contribution is -2.15. The first-order valence-corrected chi connectivity index (χ1v) is 7.30. The van der Waals surface area contributed by atoms with E-state index in [0.29, 0.717) is 18.4 Å². The zero-order valence-electron chi connectivity index (χ0n) is 11.1. The largest absolute Gasteiger partial charge is 0.508 e.